The van der Waals surface area contributed by atoms with Gasteiger partial charge in [0.2, 0.25) is 0 Å². The number of carboxylic acids is 1. The molecule has 1 rings (SSSR count). The van der Waals surface area contributed by atoms with Gasteiger partial charge in [-0.25, -0.2) is 4.79 Å². The Morgan fingerprint density at radius 1 is 1.50 bits per heavy atom. The summed E-state index contributed by atoms with van der Waals surface area (Å²) in [4.78, 5) is 10.4. The van der Waals surface area contributed by atoms with Gasteiger partial charge < -0.3 is 14.9 Å². The van der Waals surface area contributed by atoms with Gasteiger partial charge in [0.1, 0.15) is 0 Å². The zero-order chi connectivity index (χ0) is 9.14. The topological polar surface area (TPSA) is 66.8 Å². The lowest BCUT2D eigenvalue weighted by atomic mass is 10.7. The molecule has 0 aliphatic rings. The minimum atomic E-state index is -1.05. The maximum atomic E-state index is 10.4. The first-order valence-corrected chi connectivity index (χ1v) is 3.25. The number of rotatable bonds is 2. The van der Waals surface area contributed by atoms with Crippen LogP contribution in [0.1, 0.15) is 10.4 Å². The van der Waals surface area contributed by atoms with Crippen molar-refractivity contribution in [3.8, 4) is 11.5 Å². The van der Waals surface area contributed by atoms with Crippen LogP contribution in [0.2, 0.25) is 0 Å². The highest BCUT2D eigenvalue weighted by Gasteiger charge is 2.06. The van der Waals surface area contributed by atoms with Crippen LogP contribution in [-0.4, -0.2) is 23.3 Å². The molecule has 0 saturated carbocycles. The molecule has 0 heterocycles. The molecule has 2 N–H and O–H groups in total. The summed E-state index contributed by atoms with van der Waals surface area (Å²) >= 11 is 0. The molecule has 1 aromatic carbocycles. The summed E-state index contributed by atoms with van der Waals surface area (Å²) in [6.07, 6.45) is 0. The number of aromatic carboxylic acids is 1. The van der Waals surface area contributed by atoms with Crippen LogP contribution in [0.3, 0.4) is 0 Å². The van der Waals surface area contributed by atoms with Gasteiger partial charge in [0.25, 0.3) is 0 Å². The summed E-state index contributed by atoms with van der Waals surface area (Å²) in [7, 11) is 1.36. The van der Waals surface area contributed by atoms with Crippen molar-refractivity contribution < 1.29 is 19.7 Å². The smallest absolute Gasteiger partial charge is 0.335 e. The summed E-state index contributed by atoms with van der Waals surface area (Å²) in [5, 5.41) is 17.7. The molecule has 0 unspecified atom stereocenters. The van der Waals surface area contributed by atoms with Crippen LogP contribution in [0, 0.1) is 0 Å². The van der Waals surface area contributed by atoms with Gasteiger partial charge >= 0.3 is 5.97 Å². The molecule has 0 radical (unpaired) electrons. The van der Waals surface area contributed by atoms with Crippen molar-refractivity contribution in [2.75, 3.05) is 7.11 Å². The molecule has 4 nitrogen and oxygen atoms in total. The van der Waals surface area contributed by atoms with Crippen molar-refractivity contribution in [3.05, 3.63) is 23.8 Å². The SMILES string of the molecule is [13CH3]O[13c]1[13cH][13c]([13C](=O)O)cc[13c]1O. The van der Waals surface area contributed by atoms with E-state index in [0.29, 0.717) is 0 Å². The third kappa shape index (κ3) is 1.47. The second kappa shape index (κ2) is 3.13. The van der Waals surface area contributed by atoms with Gasteiger partial charge in [0.15, 0.2) is 11.5 Å². The average molecular weight is 174 g/mol. The first-order valence-electron chi connectivity index (χ1n) is 3.25. The van der Waals surface area contributed by atoms with Crippen LogP contribution >= 0.6 is 0 Å². The van der Waals surface area contributed by atoms with Crippen molar-refractivity contribution in [2.45, 2.75) is 0 Å². The third-order valence-electron chi connectivity index (χ3n) is 1.43. The molecule has 4 heteroatoms. The van der Waals surface area contributed by atoms with Crippen LogP contribution in [0.4, 0.5) is 0 Å². The van der Waals surface area contributed by atoms with E-state index in [1.54, 1.807) is 0 Å². The van der Waals surface area contributed by atoms with Gasteiger partial charge in [-0.3, -0.25) is 0 Å². The minimum absolute atomic E-state index is 0.0671. The van der Waals surface area contributed by atoms with E-state index >= 15 is 0 Å². The van der Waals surface area contributed by atoms with Crippen molar-refractivity contribution in [2.24, 2.45) is 0 Å². The van der Waals surface area contributed by atoms with E-state index in [9.17, 15) is 4.79 Å². The first-order chi connectivity index (χ1) is 5.65. The molecule has 0 saturated heterocycles. The number of carboxylic acid groups (broad SMARTS) is 1. The Bertz CT molecular complexity index is 306. The fourth-order valence-electron chi connectivity index (χ4n) is 0.811. The van der Waals surface area contributed by atoms with Crippen LogP contribution in [0.25, 0.3) is 0 Å². The standard InChI is InChI=1S/C8H8O4/c1-12-7-4-5(8(10)11)2-3-6(7)9/h2-4,9H,1H3,(H,10,11)/i1+1,4+1,5+1,6+1,7+1,8+1. The van der Waals surface area contributed by atoms with E-state index in [1.807, 2.05) is 0 Å². The molecule has 0 fully saturated rings. The minimum Gasteiger partial charge on any atom is -0.504 e. The molecule has 0 aromatic heterocycles. The highest BCUT2D eigenvalue weighted by molar-refractivity contribution is 5.88. The molecular weight excluding hydrogens is 166 g/mol. The molecule has 0 aliphatic carbocycles. The molecule has 64 valence electrons. The molecule has 0 aliphatic heterocycles. The van der Waals surface area contributed by atoms with Gasteiger partial charge in [0, 0.05) is 0 Å². The average Bonchev–Trinajstić information content (AvgIpc) is 2.05. The zero-order valence-corrected chi connectivity index (χ0v) is 6.44. The summed E-state index contributed by atoms with van der Waals surface area (Å²) in [6, 6.07) is 3.85. The van der Waals surface area contributed by atoms with Gasteiger partial charge in [0.05, 0.1) is 12.7 Å². The zero-order valence-electron chi connectivity index (χ0n) is 6.44. The number of benzene rings is 1. The molecule has 0 amide bonds. The van der Waals surface area contributed by atoms with E-state index in [0.717, 1.165) is 0 Å². The molecule has 0 bridgehead atoms. The van der Waals surface area contributed by atoms with E-state index in [4.69, 9.17) is 14.9 Å². The lowest BCUT2D eigenvalue weighted by molar-refractivity contribution is 0.0696. The van der Waals surface area contributed by atoms with Gasteiger partial charge in [-0.2, -0.15) is 0 Å². The van der Waals surface area contributed by atoms with Gasteiger partial charge in [-0.15, -0.1) is 0 Å². The monoisotopic (exact) mass is 174 g/mol. The second-order valence-electron chi connectivity index (χ2n) is 2.19. The maximum Gasteiger partial charge on any atom is 0.335 e. The quantitative estimate of drug-likeness (QED) is 0.659. The number of phenols is 1. The summed E-state index contributed by atoms with van der Waals surface area (Å²) in [6.45, 7) is 0. The Kier molecular flexibility index (Phi) is 2.19. The Labute approximate surface area is 69.0 Å². The van der Waals surface area contributed by atoms with E-state index in [1.165, 1.54) is 25.3 Å². The van der Waals surface area contributed by atoms with Crippen LogP contribution in [0.15, 0.2) is 18.2 Å². The van der Waals surface area contributed by atoms with Gasteiger partial charge in [-0.1, -0.05) is 0 Å². The molecule has 1 aromatic rings. The predicted octanol–water partition coefficient (Wildman–Crippen LogP) is 1.10. The summed E-state index contributed by atoms with van der Waals surface area (Å²) in [5.41, 5.74) is 0.0876. The van der Waals surface area contributed by atoms with Crippen molar-refractivity contribution in [3.63, 3.8) is 0 Å². The number of hydrogen-bond acceptors (Lipinski definition) is 3. The first kappa shape index (κ1) is 8.39. The molecular formula is C8H8O4. The highest BCUT2D eigenvalue weighted by atomic mass is 16.6. The fraction of sp³-hybridized carbons (Fsp3) is 0.125. The van der Waals surface area contributed by atoms with Gasteiger partial charge in [-0.05, 0) is 18.2 Å². The Morgan fingerprint density at radius 3 is 2.67 bits per heavy atom. The van der Waals surface area contributed by atoms with Crippen molar-refractivity contribution in [1.29, 1.82) is 0 Å². The van der Waals surface area contributed by atoms with Crippen LogP contribution in [0.5, 0.6) is 11.5 Å². The molecule has 0 spiro atoms. The number of phenolic OH excluding ortho intramolecular Hbond substituents is 1. The van der Waals surface area contributed by atoms with E-state index < -0.39 is 5.97 Å². The Balaban J connectivity index is 3.13. The Hall–Kier alpha value is -1.71. The third-order valence-corrected chi connectivity index (χ3v) is 1.43. The predicted molar refractivity (Wildman–Crippen MR) is 41.6 cm³/mol. The summed E-state index contributed by atoms with van der Waals surface area (Å²) < 4.78 is 4.72. The maximum absolute atomic E-state index is 10.4. The van der Waals surface area contributed by atoms with E-state index in [-0.39, 0.29) is 17.1 Å². The van der Waals surface area contributed by atoms with Crippen molar-refractivity contribution in [1.82, 2.24) is 0 Å². The highest BCUT2D eigenvalue weighted by Crippen LogP contribution is 2.25. The lowest BCUT2D eigenvalue weighted by Crippen LogP contribution is -1.96. The Morgan fingerprint density at radius 2 is 2.17 bits per heavy atom. The second-order valence-corrected chi connectivity index (χ2v) is 2.19. The number of methoxy groups -OCH3 is 1. The van der Waals surface area contributed by atoms with Crippen molar-refractivity contribution >= 4 is 5.97 Å². The summed E-state index contributed by atoms with van der Waals surface area (Å²) in [5.74, 6) is -0.953. The normalized spacial score (nSPS) is 9.42. The molecule has 0 atom stereocenters. The fourth-order valence-corrected chi connectivity index (χ4v) is 0.811. The molecule has 12 heavy (non-hydrogen) atoms. The van der Waals surface area contributed by atoms with Crippen LogP contribution < -0.4 is 4.74 Å². The number of hydrogen-bond donors (Lipinski definition) is 2. The van der Waals surface area contributed by atoms with Crippen LogP contribution in [-0.2, 0) is 0 Å². The largest absolute Gasteiger partial charge is 0.504 e. The lowest BCUT2D eigenvalue weighted by Gasteiger charge is -2.02. The number of aromatic hydroxyl groups is 1. The number of carbonyl (C=O) groups is 1. The van der Waals surface area contributed by atoms with E-state index in [2.05, 4.69) is 0 Å². The number of ether oxygens (including phenoxy) is 1.